The molecule has 2 aliphatic rings. The van der Waals surface area contributed by atoms with Gasteiger partial charge >= 0.3 is 0 Å². The summed E-state index contributed by atoms with van der Waals surface area (Å²) in [5.74, 6) is 0.676. The topological polar surface area (TPSA) is 58.2 Å². The predicted molar refractivity (Wildman–Crippen MR) is 105 cm³/mol. The zero-order valence-electron chi connectivity index (χ0n) is 16.1. The van der Waals surface area contributed by atoms with E-state index in [0.717, 1.165) is 45.2 Å². The second-order valence-corrected chi connectivity index (χ2v) is 8.11. The summed E-state index contributed by atoms with van der Waals surface area (Å²) in [6.07, 6.45) is 6.47. The van der Waals surface area contributed by atoms with E-state index < -0.39 is 0 Å². The first kappa shape index (κ1) is 18.2. The van der Waals surface area contributed by atoms with Gasteiger partial charge in [-0.25, -0.2) is 0 Å². The Bertz CT molecular complexity index is 765. The van der Waals surface area contributed by atoms with Crippen LogP contribution < -0.4 is 0 Å². The van der Waals surface area contributed by atoms with Crippen molar-refractivity contribution in [2.45, 2.75) is 44.9 Å². The highest BCUT2D eigenvalue weighted by atomic mass is 16.5. The zero-order valence-corrected chi connectivity index (χ0v) is 16.1. The van der Waals surface area contributed by atoms with Crippen molar-refractivity contribution in [3.05, 3.63) is 53.3 Å². The Kier molecular flexibility index (Phi) is 5.30. The number of rotatable bonds is 4. The second-order valence-electron chi connectivity index (χ2n) is 8.11. The van der Waals surface area contributed by atoms with Crippen molar-refractivity contribution < 1.29 is 9.53 Å². The molecule has 0 spiro atoms. The fourth-order valence-electron chi connectivity index (χ4n) is 4.72. The molecule has 1 atom stereocenters. The van der Waals surface area contributed by atoms with Crippen LogP contribution in [0.2, 0.25) is 0 Å². The Balaban J connectivity index is 1.55. The highest BCUT2D eigenvalue weighted by Crippen LogP contribution is 2.38. The third-order valence-electron chi connectivity index (χ3n) is 6.27. The molecule has 5 heteroatoms. The number of amides is 1. The van der Waals surface area contributed by atoms with Gasteiger partial charge in [0, 0.05) is 37.9 Å². The molecule has 1 N–H and O–H groups in total. The normalized spacial score (nSPS) is 22.6. The van der Waals surface area contributed by atoms with Crippen LogP contribution in [-0.2, 0) is 16.0 Å². The van der Waals surface area contributed by atoms with Crippen LogP contribution in [0.4, 0.5) is 0 Å². The molecule has 4 rings (SSSR count). The van der Waals surface area contributed by atoms with E-state index in [2.05, 4.69) is 46.3 Å². The van der Waals surface area contributed by atoms with Gasteiger partial charge in [-0.2, -0.15) is 5.10 Å². The average molecular weight is 367 g/mol. The Morgan fingerprint density at radius 2 is 2.07 bits per heavy atom. The maximum atomic E-state index is 13.7. The number of piperidine rings is 1. The Morgan fingerprint density at radius 1 is 1.30 bits per heavy atom. The fourth-order valence-corrected chi connectivity index (χ4v) is 4.72. The van der Waals surface area contributed by atoms with Gasteiger partial charge in [0.25, 0.3) is 0 Å². The van der Waals surface area contributed by atoms with Gasteiger partial charge in [0.15, 0.2) is 0 Å². The molecule has 2 saturated heterocycles. The number of hydrogen-bond acceptors (Lipinski definition) is 3. The number of carbonyl (C=O) groups excluding carboxylic acids is 1. The lowest BCUT2D eigenvalue weighted by molar-refractivity contribution is -0.149. The van der Waals surface area contributed by atoms with E-state index in [-0.39, 0.29) is 5.41 Å². The van der Waals surface area contributed by atoms with Crippen molar-refractivity contribution in [2.75, 3.05) is 26.3 Å². The maximum Gasteiger partial charge on any atom is 0.229 e. The van der Waals surface area contributed by atoms with Gasteiger partial charge in [-0.15, -0.1) is 0 Å². The fraction of sp³-hybridized carbons (Fsp3) is 0.545. The van der Waals surface area contributed by atoms with Gasteiger partial charge in [0.2, 0.25) is 5.91 Å². The van der Waals surface area contributed by atoms with Crippen LogP contribution >= 0.6 is 0 Å². The molecule has 0 unspecified atom stereocenters. The number of nitrogens with zero attached hydrogens (tertiary/aromatic N) is 2. The summed E-state index contributed by atoms with van der Waals surface area (Å²) in [6.45, 7) is 5.10. The van der Waals surface area contributed by atoms with Crippen molar-refractivity contribution in [1.82, 2.24) is 15.1 Å². The van der Waals surface area contributed by atoms with Crippen LogP contribution in [0, 0.1) is 12.3 Å². The van der Waals surface area contributed by atoms with Gasteiger partial charge in [-0.1, -0.05) is 30.3 Å². The first-order valence-electron chi connectivity index (χ1n) is 10.1. The summed E-state index contributed by atoms with van der Waals surface area (Å²) in [5.41, 5.74) is 3.30. The molecule has 0 saturated carbocycles. The highest BCUT2D eigenvalue weighted by molar-refractivity contribution is 5.83. The summed E-state index contributed by atoms with van der Waals surface area (Å²) in [5, 5.41) is 7.34. The number of benzene rings is 1. The number of hydrogen-bond donors (Lipinski definition) is 1. The first-order chi connectivity index (χ1) is 13.2. The quantitative estimate of drug-likeness (QED) is 0.900. The summed E-state index contributed by atoms with van der Waals surface area (Å²) >= 11 is 0. The molecule has 0 bridgehead atoms. The predicted octanol–water partition coefficient (Wildman–Crippen LogP) is 3.46. The van der Waals surface area contributed by atoms with Crippen LogP contribution in [0.1, 0.15) is 48.4 Å². The van der Waals surface area contributed by atoms with Crippen molar-refractivity contribution in [3.8, 4) is 0 Å². The molecular formula is C22H29N3O2. The molecule has 1 amide bonds. The van der Waals surface area contributed by atoms with E-state index in [4.69, 9.17) is 4.74 Å². The number of H-pyrrole nitrogens is 1. The minimum atomic E-state index is -0.329. The van der Waals surface area contributed by atoms with E-state index in [1.165, 1.54) is 16.8 Å². The summed E-state index contributed by atoms with van der Waals surface area (Å²) in [7, 11) is 0. The minimum Gasteiger partial charge on any atom is -0.381 e. The summed E-state index contributed by atoms with van der Waals surface area (Å²) in [4.78, 5) is 15.8. The number of aryl methyl sites for hydroxylation is 1. The van der Waals surface area contributed by atoms with Gasteiger partial charge in [-0.05, 0) is 50.2 Å². The molecule has 3 heterocycles. The van der Waals surface area contributed by atoms with E-state index in [1.807, 2.05) is 12.3 Å². The zero-order chi connectivity index (χ0) is 18.7. The Morgan fingerprint density at radius 3 is 2.78 bits per heavy atom. The molecule has 0 radical (unpaired) electrons. The minimum absolute atomic E-state index is 0.316. The van der Waals surface area contributed by atoms with Crippen LogP contribution in [0.25, 0.3) is 0 Å². The molecule has 2 aromatic rings. The van der Waals surface area contributed by atoms with E-state index in [0.29, 0.717) is 25.0 Å². The summed E-state index contributed by atoms with van der Waals surface area (Å²) in [6, 6.07) is 10.4. The smallest absolute Gasteiger partial charge is 0.229 e. The molecule has 0 aliphatic carbocycles. The first-order valence-corrected chi connectivity index (χ1v) is 10.1. The van der Waals surface area contributed by atoms with Crippen molar-refractivity contribution in [1.29, 1.82) is 0 Å². The monoisotopic (exact) mass is 367 g/mol. The van der Waals surface area contributed by atoms with Gasteiger partial charge in [0.1, 0.15) is 0 Å². The van der Waals surface area contributed by atoms with Crippen LogP contribution in [0.15, 0.2) is 36.5 Å². The van der Waals surface area contributed by atoms with Gasteiger partial charge in [0.05, 0.1) is 11.6 Å². The standard InChI is InChI=1S/C22H29N3O2/c1-17-15-23-24-20(17)19-8-5-11-25(16-19)21(26)22(9-12-27-13-10-22)14-18-6-3-2-4-7-18/h2-4,6-7,15,19H,5,8-14,16H2,1H3,(H,23,24)/t19-/m0/s1. The van der Waals surface area contributed by atoms with Gasteiger partial charge in [-0.3, -0.25) is 9.89 Å². The molecule has 2 fully saturated rings. The third kappa shape index (κ3) is 3.79. The van der Waals surface area contributed by atoms with Crippen molar-refractivity contribution in [2.24, 2.45) is 5.41 Å². The Labute approximate surface area is 161 Å². The lowest BCUT2D eigenvalue weighted by Gasteiger charge is -2.42. The molecule has 5 nitrogen and oxygen atoms in total. The van der Waals surface area contributed by atoms with Crippen LogP contribution in [-0.4, -0.2) is 47.3 Å². The molecule has 2 aliphatic heterocycles. The maximum absolute atomic E-state index is 13.7. The van der Waals surface area contributed by atoms with E-state index in [9.17, 15) is 4.79 Å². The average Bonchev–Trinajstić information content (AvgIpc) is 3.15. The van der Waals surface area contributed by atoms with Crippen molar-refractivity contribution >= 4 is 5.91 Å². The second kappa shape index (κ2) is 7.85. The molecule has 1 aromatic heterocycles. The van der Waals surface area contributed by atoms with Gasteiger partial charge < -0.3 is 9.64 Å². The molecule has 144 valence electrons. The van der Waals surface area contributed by atoms with E-state index in [1.54, 1.807) is 0 Å². The lowest BCUT2D eigenvalue weighted by Crippen LogP contribution is -2.51. The van der Waals surface area contributed by atoms with Crippen LogP contribution in [0.3, 0.4) is 0 Å². The van der Waals surface area contributed by atoms with E-state index >= 15 is 0 Å². The number of aromatic amines is 1. The Hall–Kier alpha value is -2.14. The number of aromatic nitrogens is 2. The lowest BCUT2D eigenvalue weighted by atomic mass is 9.73. The third-order valence-corrected chi connectivity index (χ3v) is 6.27. The number of carbonyl (C=O) groups is 1. The van der Waals surface area contributed by atoms with Crippen LogP contribution in [0.5, 0.6) is 0 Å². The highest BCUT2D eigenvalue weighted by Gasteiger charge is 2.43. The molecular weight excluding hydrogens is 338 g/mol. The largest absolute Gasteiger partial charge is 0.381 e. The summed E-state index contributed by atoms with van der Waals surface area (Å²) < 4.78 is 5.61. The number of likely N-dealkylation sites (tertiary alicyclic amines) is 1. The SMILES string of the molecule is Cc1cn[nH]c1[C@H]1CCCN(C(=O)C2(Cc3ccccc3)CCOCC2)C1. The number of nitrogens with one attached hydrogen (secondary N) is 1. The molecule has 1 aromatic carbocycles. The molecule has 27 heavy (non-hydrogen) atoms. The number of ether oxygens (including phenoxy) is 1. The van der Waals surface area contributed by atoms with Crippen molar-refractivity contribution in [3.63, 3.8) is 0 Å².